The smallest absolute Gasteiger partial charge is 0.0643 e. The maximum atomic E-state index is 9.05. The van der Waals surface area contributed by atoms with Gasteiger partial charge in [0.15, 0.2) is 0 Å². The van der Waals surface area contributed by atoms with E-state index in [0.29, 0.717) is 12.5 Å². The third-order valence-electron chi connectivity index (χ3n) is 3.75. The highest BCUT2D eigenvalue weighted by Gasteiger charge is 2.26. The molecule has 0 radical (unpaired) electrons. The monoisotopic (exact) mass is 321 g/mol. The number of hydrogen-bond donors (Lipinski definition) is 1. The fourth-order valence-electron chi connectivity index (χ4n) is 2.71. The Morgan fingerprint density at radius 1 is 1.53 bits per heavy atom. The van der Waals surface area contributed by atoms with E-state index >= 15 is 0 Å². The van der Waals surface area contributed by atoms with Gasteiger partial charge in [0.2, 0.25) is 0 Å². The first-order valence-corrected chi connectivity index (χ1v) is 7.55. The number of aryl methyl sites for hydroxylation is 1. The first-order valence-electron chi connectivity index (χ1n) is 6.75. The number of nitrogens with one attached hydrogen (secondary N) is 1. The second-order valence-electron chi connectivity index (χ2n) is 5.20. The zero-order chi connectivity index (χ0) is 13.8. The number of hydrogen-bond acceptors (Lipinski definition) is 3. The Kier molecular flexibility index (Phi) is 4.84. The molecule has 1 heterocycles. The summed E-state index contributed by atoms with van der Waals surface area (Å²) in [4.78, 5) is 2.41. The molecule has 0 spiro atoms. The van der Waals surface area contributed by atoms with Crippen molar-refractivity contribution in [2.45, 2.75) is 38.8 Å². The summed E-state index contributed by atoms with van der Waals surface area (Å²) in [6, 6.07) is 9.47. The summed E-state index contributed by atoms with van der Waals surface area (Å²) >= 11 is 3.55. The number of benzene rings is 1. The molecule has 102 valence electrons. The maximum absolute atomic E-state index is 9.05. The molecule has 1 N–H and O–H groups in total. The molecule has 1 aliphatic heterocycles. The van der Waals surface area contributed by atoms with Gasteiger partial charge in [0, 0.05) is 22.7 Å². The largest absolute Gasteiger partial charge is 0.363 e. The maximum Gasteiger partial charge on any atom is 0.0643 e. The van der Waals surface area contributed by atoms with Crippen molar-refractivity contribution in [2.24, 2.45) is 0 Å². The van der Waals surface area contributed by atoms with Crippen LogP contribution in [0.25, 0.3) is 0 Å². The number of nitriles is 1. The van der Waals surface area contributed by atoms with Crippen LogP contribution < -0.4 is 10.2 Å². The van der Waals surface area contributed by atoms with E-state index in [2.05, 4.69) is 64.3 Å². The molecule has 0 amide bonds. The minimum Gasteiger partial charge on any atom is -0.363 e. The molecule has 2 rings (SSSR count). The zero-order valence-electron chi connectivity index (χ0n) is 11.5. The van der Waals surface area contributed by atoms with Gasteiger partial charge in [-0.2, -0.15) is 5.26 Å². The lowest BCUT2D eigenvalue weighted by Gasteiger charge is -2.35. The van der Waals surface area contributed by atoms with Crippen molar-refractivity contribution in [3.8, 4) is 6.07 Å². The molecule has 1 aromatic rings. The molecule has 19 heavy (non-hydrogen) atoms. The quantitative estimate of drug-likeness (QED) is 0.909. The van der Waals surface area contributed by atoms with Gasteiger partial charge in [-0.3, -0.25) is 0 Å². The molecule has 2 atom stereocenters. The average Bonchev–Trinajstić information content (AvgIpc) is 2.56. The Labute approximate surface area is 123 Å². The Bertz CT molecular complexity index is 481. The molecule has 2 unspecified atom stereocenters. The van der Waals surface area contributed by atoms with Crippen LogP contribution >= 0.6 is 15.9 Å². The van der Waals surface area contributed by atoms with Crippen LogP contribution in [-0.4, -0.2) is 25.2 Å². The van der Waals surface area contributed by atoms with Gasteiger partial charge in [-0.05, 0) is 50.6 Å². The first-order chi connectivity index (χ1) is 9.13. The standard InChI is InChI=1S/C15H20BrN3/c1-11-9-13(3-4-15(11)16)19-12(2)6-8-18-10-14(19)5-7-17/h3-4,9,12,14,18H,5-6,8,10H2,1-2H3. The van der Waals surface area contributed by atoms with Crippen molar-refractivity contribution in [3.63, 3.8) is 0 Å². The van der Waals surface area contributed by atoms with Crippen molar-refractivity contribution in [1.82, 2.24) is 5.32 Å². The Balaban J connectivity index is 2.34. The van der Waals surface area contributed by atoms with Crippen LogP contribution in [0, 0.1) is 18.3 Å². The van der Waals surface area contributed by atoms with Crippen molar-refractivity contribution in [1.29, 1.82) is 5.26 Å². The molecule has 0 aliphatic carbocycles. The van der Waals surface area contributed by atoms with Gasteiger partial charge < -0.3 is 10.2 Å². The van der Waals surface area contributed by atoms with E-state index in [1.54, 1.807) is 0 Å². The number of anilines is 1. The normalized spacial score (nSPS) is 23.8. The second kappa shape index (κ2) is 6.40. The summed E-state index contributed by atoms with van der Waals surface area (Å²) in [5.74, 6) is 0. The van der Waals surface area contributed by atoms with Gasteiger partial charge in [-0.25, -0.2) is 0 Å². The predicted octanol–water partition coefficient (Wildman–Crippen LogP) is 3.23. The SMILES string of the molecule is Cc1cc(N2C(C)CCNCC2CC#N)ccc1Br. The second-order valence-corrected chi connectivity index (χ2v) is 6.05. The predicted molar refractivity (Wildman–Crippen MR) is 82.3 cm³/mol. The lowest BCUT2D eigenvalue weighted by molar-refractivity contribution is 0.551. The lowest BCUT2D eigenvalue weighted by Crippen LogP contribution is -2.43. The van der Waals surface area contributed by atoms with Crippen molar-refractivity contribution in [3.05, 3.63) is 28.2 Å². The molecular formula is C15H20BrN3. The van der Waals surface area contributed by atoms with Gasteiger partial charge in [0.1, 0.15) is 0 Å². The third-order valence-corrected chi connectivity index (χ3v) is 4.64. The molecular weight excluding hydrogens is 302 g/mol. The van der Waals surface area contributed by atoms with Gasteiger partial charge in [0.05, 0.1) is 18.5 Å². The fourth-order valence-corrected chi connectivity index (χ4v) is 2.95. The molecule has 3 nitrogen and oxygen atoms in total. The van der Waals surface area contributed by atoms with E-state index in [1.807, 2.05) is 0 Å². The molecule has 1 fully saturated rings. The van der Waals surface area contributed by atoms with E-state index in [9.17, 15) is 0 Å². The Hall–Kier alpha value is -1.05. The molecule has 1 aliphatic rings. The molecule has 0 aromatic heterocycles. The van der Waals surface area contributed by atoms with E-state index in [0.717, 1.165) is 24.0 Å². The van der Waals surface area contributed by atoms with Crippen LogP contribution in [0.1, 0.15) is 25.3 Å². The summed E-state index contributed by atoms with van der Waals surface area (Å²) < 4.78 is 1.13. The number of halogens is 1. The van der Waals surface area contributed by atoms with Crippen molar-refractivity contribution < 1.29 is 0 Å². The molecule has 0 saturated carbocycles. The van der Waals surface area contributed by atoms with E-state index < -0.39 is 0 Å². The highest BCUT2D eigenvalue weighted by atomic mass is 79.9. The van der Waals surface area contributed by atoms with Crippen LogP contribution in [0.15, 0.2) is 22.7 Å². The third kappa shape index (κ3) is 3.29. The summed E-state index contributed by atoms with van der Waals surface area (Å²) in [5, 5.41) is 12.5. The van der Waals surface area contributed by atoms with Crippen LogP contribution in [0.2, 0.25) is 0 Å². The van der Waals surface area contributed by atoms with Crippen LogP contribution in [-0.2, 0) is 0 Å². The molecule has 1 aromatic carbocycles. The van der Waals surface area contributed by atoms with Crippen LogP contribution in [0.5, 0.6) is 0 Å². The van der Waals surface area contributed by atoms with Gasteiger partial charge in [0.25, 0.3) is 0 Å². The molecule has 4 heteroatoms. The minimum atomic E-state index is 0.253. The fraction of sp³-hybridized carbons (Fsp3) is 0.533. The van der Waals surface area contributed by atoms with Crippen molar-refractivity contribution >= 4 is 21.6 Å². The van der Waals surface area contributed by atoms with E-state index in [1.165, 1.54) is 11.3 Å². The Morgan fingerprint density at radius 2 is 2.32 bits per heavy atom. The first kappa shape index (κ1) is 14.4. The van der Waals surface area contributed by atoms with Gasteiger partial charge in [-0.1, -0.05) is 15.9 Å². The Morgan fingerprint density at radius 3 is 3.00 bits per heavy atom. The summed E-state index contributed by atoms with van der Waals surface area (Å²) in [7, 11) is 0. The number of nitrogens with zero attached hydrogens (tertiary/aromatic N) is 2. The van der Waals surface area contributed by atoms with E-state index in [-0.39, 0.29) is 6.04 Å². The molecule has 1 saturated heterocycles. The summed E-state index contributed by atoms with van der Waals surface area (Å²) in [6.45, 7) is 6.25. The topological polar surface area (TPSA) is 39.1 Å². The minimum absolute atomic E-state index is 0.253. The zero-order valence-corrected chi connectivity index (χ0v) is 13.1. The van der Waals surface area contributed by atoms with Gasteiger partial charge >= 0.3 is 0 Å². The van der Waals surface area contributed by atoms with E-state index in [4.69, 9.17) is 5.26 Å². The van der Waals surface area contributed by atoms with Gasteiger partial charge in [-0.15, -0.1) is 0 Å². The molecule has 0 bridgehead atoms. The highest BCUT2D eigenvalue weighted by molar-refractivity contribution is 9.10. The average molecular weight is 322 g/mol. The highest BCUT2D eigenvalue weighted by Crippen LogP contribution is 2.28. The summed E-state index contributed by atoms with van der Waals surface area (Å²) in [5.41, 5.74) is 2.45. The van der Waals surface area contributed by atoms with Crippen LogP contribution in [0.4, 0.5) is 5.69 Å². The summed E-state index contributed by atoms with van der Waals surface area (Å²) in [6.07, 6.45) is 1.67. The van der Waals surface area contributed by atoms with Crippen molar-refractivity contribution in [2.75, 3.05) is 18.0 Å². The van der Waals surface area contributed by atoms with Crippen LogP contribution in [0.3, 0.4) is 0 Å². The lowest BCUT2D eigenvalue weighted by atomic mass is 10.1. The number of rotatable bonds is 2.